The molecule has 2 amide bonds. The minimum absolute atomic E-state index is 0.0662. The second-order valence-corrected chi connectivity index (χ2v) is 5.69. The highest BCUT2D eigenvalue weighted by atomic mass is 32.2. The summed E-state index contributed by atoms with van der Waals surface area (Å²) in [7, 11) is -3.65. The van der Waals surface area contributed by atoms with Crippen LogP contribution in [0.5, 0.6) is 0 Å². The number of carbonyl (C=O) groups is 2. The number of hydrogen-bond donors (Lipinski definition) is 2. The van der Waals surface area contributed by atoms with Crippen LogP contribution in [0.15, 0.2) is 12.7 Å². The summed E-state index contributed by atoms with van der Waals surface area (Å²) in [5.74, 6) is -1.30. The van der Waals surface area contributed by atoms with E-state index in [2.05, 4.69) is 17.2 Å². The van der Waals surface area contributed by atoms with Gasteiger partial charge in [0.1, 0.15) is 0 Å². The highest BCUT2D eigenvalue weighted by molar-refractivity contribution is 7.92. The van der Waals surface area contributed by atoms with Crippen LogP contribution in [0.1, 0.15) is 6.42 Å². The van der Waals surface area contributed by atoms with Gasteiger partial charge in [-0.25, -0.2) is 8.42 Å². The average Bonchev–Trinajstić information content (AvgIpc) is 2.27. The van der Waals surface area contributed by atoms with E-state index in [1.807, 2.05) is 6.07 Å². The standard InChI is InChI=1S/C10H15N3O4S/c1-3-9(14)13-7-8(18(2,16)17)10(15)12-6-4-5-11/h3,8H,1,4,6-7H2,2H3,(H,12,15)(H,13,14). The molecule has 1 unspecified atom stereocenters. The van der Waals surface area contributed by atoms with E-state index in [0.29, 0.717) is 0 Å². The maximum absolute atomic E-state index is 11.6. The van der Waals surface area contributed by atoms with Crippen molar-refractivity contribution in [2.45, 2.75) is 11.7 Å². The summed E-state index contributed by atoms with van der Waals surface area (Å²) in [6.45, 7) is 2.94. The Morgan fingerprint density at radius 1 is 1.44 bits per heavy atom. The molecule has 7 nitrogen and oxygen atoms in total. The first-order valence-electron chi connectivity index (χ1n) is 5.06. The molecule has 0 aromatic carbocycles. The van der Waals surface area contributed by atoms with Crippen LogP contribution in [0.4, 0.5) is 0 Å². The number of nitriles is 1. The lowest BCUT2D eigenvalue weighted by Gasteiger charge is -2.14. The number of nitrogens with one attached hydrogen (secondary N) is 2. The Kier molecular flexibility index (Phi) is 6.67. The van der Waals surface area contributed by atoms with E-state index in [1.54, 1.807) is 0 Å². The lowest BCUT2D eigenvalue weighted by atomic mass is 10.3. The van der Waals surface area contributed by atoms with Gasteiger partial charge in [0.05, 0.1) is 12.5 Å². The van der Waals surface area contributed by atoms with Gasteiger partial charge in [-0.2, -0.15) is 5.26 Å². The van der Waals surface area contributed by atoms with E-state index in [-0.39, 0.29) is 19.5 Å². The Hall–Kier alpha value is -1.88. The molecule has 100 valence electrons. The van der Waals surface area contributed by atoms with Gasteiger partial charge in [-0.05, 0) is 6.08 Å². The summed E-state index contributed by atoms with van der Waals surface area (Å²) < 4.78 is 22.8. The molecule has 0 saturated heterocycles. The zero-order valence-electron chi connectivity index (χ0n) is 9.97. The molecular weight excluding hydrogens is 258 g/mol. The molecule has 0 aliphatic carbocycles. The number of carbonyl (C=O) groups excluding carboxylic acids is 2. The van der Waals surface area contributed by atoms with Crippen molar-refractivity contribution in [2.24, 2.45) is 0 Å². The predicted octanol–water partition coefficient (Wildman–Crippen LogP) is -1.27. The number of sulfone groups is 1. The van der Waals surface area contributed by atoms with Crippen LogP contribution in [0.2, 0.25) is 0 Å². The third kappa shape index (κ3) is 6.00. The Morgan fingerprint density at radius 3 is 2.50 bits per heavy atom. The van der Waals surface area contributed by atoms with E-state index in [1.165, 1.54) is 0 Å². The molecular formula is C10H15N3O4S. The van der Waals surface area contributed by atoms with Crippen molar-refractivity contribution in [2.75, 3.05) is 19.3 Å². The van der Waals surface area contributed by atoms with Crippen LogP contribution in [0.25, 0.3) is 0 Å². The summed E-state index contributed by atoms with van der Waals surface area (Å²) >= 11 is 0. The fraction of sp³-hybridized carbons (Fsp3) is 0.500. The van der Waals surface area contributed by atoms with Crippen molar-refractivity contribution in [1.82, 2.24) is 10.6 Å². The first kappa shape index (κ1) is 16.1. The summed E-state index contributed by atoms with van der Waals surface area (Å²) in [4.78, 5) is 22.5. The maximum atomic E-state index is 11.6. The first-order valence-corrected chi connectivity index (χ1v) is 7.02. The number of nitrogens with zero attached hydrogens (tertiary/aromatic N) is 1. The van der Waals surface area contributed by atoms with Crippen LogP contribution in [-0.4, -0.2) is 44.8 Å². The lowest BCUT2D eigenvalue weighted by molar-refractivity contribution is -0.120. The van der Waals surface area contributed by atoms with Crippen molar-refractivity contribution in [3.63, 3.8) is 0 Å². The molecule has 0 aliphatic rings. The lowest BCUT2D eigenvalue weighted by Crippen LogP contribution is -2.46. The zero-order valence-corrected chi connectivity index (χ0v) is 10.8. The molecule has 0 aromatic rings. The van der Waals surface area contributed by atoms with Crippen molar-refractivity contribution < 1.29 is 18.0 Å². The van der Waals surface area contributed by atoms with Gasteiger partial charge in [0, 0.05) is 19.3 Å². The van der Waals surface area contributed by atoms with Crippen LogP contribution in [0, 0.1) is 11.3 Å². The zero-order chi connectivity index (χ0) is 14.2. The fourth-order valence-corrected chi connectivity index (χ4v) is 1.92. The molecule has 18 heavy (non-hydrogen) atoms. The van der Waals surface area contributed by atoms with Gasteiger partial charge in [0.25, 0.3) is 0 Å². The van der Waals surface area contributed by atoms with Crippen LogP contribution >= 0.6 is 0 Å². The summed E-state index contributed by atoms with van der Waals surface area (Å²) in [6.07, 6.45) is 1.97. The van der Waals surface area contributed by atoms with Crippen LogP contribution < -0.4 is 10.6 Å². The normalized spacial score (nSPS) is 12.0. The topological polar surface area (TPSA) is 116 Å². The van der Waals surface area contributed by atoms with E-state index < -0.39 is 26.9 Å². The number of rotatable bonds is 7. The molecule has 0 rings (SSSR count). The maximum Gasteiger partial charge on any atom is 0.243 e. The highest BCUT2D eigenvalue weighted by Crippen LogP contribution is 1.98. The molecule has 0 aliphatic heterocycles. The summed E-state index contributed by atoms with van der Waals surface area (Å²) in [5, 5.41) is 11.5. The third-order valence-corrected chi connectivity index (χ3v) is 3.41. The molecule has 0 fully saturated rings. The molecule has 0 aromatic heterocycles. The Bertz CT molecular complexity index is 464. The van der Waals surface area contributed by atoms with Gasteiger partial charge >= 0.3 is 0 Å². The van der Waals surface area contributed by atoms with Crippen LogP contribution in [0.3, 0.4) is 0 Å². The molecule has 2 N–H and O–H groups in total. The van der Waals surface area contributed by atoms with Crippen molar-refractivity contribution in [3.8, 4) is 6.07 Å². The Morgan fingerprint density at radius 2 is 2.06 bits per heavy atom. The van der Waals surface area contributed by atoms with E-state index in [9.17, 15) is 18.0 Å². The van der Waals surface area contributed by atoms with Crippen molar-refractivity contribution >= 4 is 21.7 Å². The Balaban J connectivity index is 4.60. The molecule has 0 bridgehead atoms. The van der Waals surface area contributed by atoms with Crippen molar-refractivity contribution in [3.05, 3.63) is 12.7 Å². The Labute approximate surface area is 106 Å². The minimum Gasteiger partial charge on any atom is -0.354 e. The van der Waals surface area contributed by atoms with Crippen molar-refractivity contribution in [1.29, 1.82) is 5.26 Å². The fourth-order valence-electron chi connectivity index (χ4n) is 1.06. The van der Waals surface area contributed by atoms with Gasteiger partial charge in [-0.3, -0.25) is 9.59 Å². The largest absolute Gasteiger partial charge is 0.354 e. The van der Waals surface area contributed by atoms with E-state index >= 15 is 0 Å². The van der Waals surface area contributed by atoms with Gasteiger partial charge in [0.2, 0.25) is 11.8 Å². The molecule has 0 spiro atoms. The minimum atomic E-state index is -3.65. The SMILES string of the molecule is C=CC(=O)NCC(C(=O)NCCC#N)S(C)(=O)=O. The first-order chi connectivity index (χ1) is 8.32. The van der Waals surface area contributed by atoms with Gasteiger partial charge in [0.15, 0.2) is 15.1 Å². The average molecular weight is 273 g/mol. The number of amides is 2. The third-order valence-electron chi connectivity index (χ3n) is 1.99. The monoisotopic (exact) mass is 273 g/mol. The summed E-state index contributed by atoms with van der Waals surface area (Å²) in [5.41, 5.74) is 0. The molecule has 0 heterocycles. The molecule has 0 saturated carbocycles. The second-order valence-electron chi connectivity index (χ2n) is 3.47. The smallest absolute Gasteiger partial charge is 0.243 e. The molecule has 1 atom stereocenters. The van der Waals surface area contributed by atoms with Gasteiger partial charge in [-0.15, -0.1) is 0 Å². The van der Waals surface area contributed by atoms with E-state index in [4.69, 9.17) is 5.26 Å². The molecule has 0 radical (unpaired) electrons. The van der Waals surface area contributed by atoms with E-state index in [0.717, 1.165) is 12.3 Å². The highest BCUT2D eigenvalue weighted by Gasteiger charge is 2.28. The quantitative estimate of drug-likeness (QED) is 0.443. The summed E-state index contributed by atoms with van der Waals surface area (Å²) in [6, 6.07) is 1.81. The van der Waals surface area contributed by atoms with Gasteiger partial charge < -0.3 is 10.6 Å². The number of hydrogen-bond acceptors (Lipinski definition) is 5. The van der Waals surface area contributed by atoms with Gasteiger partial charge in [-0.1, -0.05) is 6.58 Å². The van der Waals surface area contributed by atoms with Crippen LogP contribution in [-0.2, 0) is 19.4 Å². The predicted molar refractivity (Wildman–Crippen MR) is 65.1 cm³/mol. The second kappa shape index (κ2) is 7.45. The molecule has 8 heteroatoms.